The summed E-state index contributed by atoms with van der Waals surface area (Å²) in [5.74, 6) is 3.76. The van der Waals surface area contributed by atoms with E-state index in [4.69, 9.17) is 10.6 Å². The summed E-state index contributed by atoms with van der Waals surface area (Å²) in [5.41, 5.74) is 3.75. The molecule has 0 spiro atoms. The molecule has 0 bridgehead atoms. The predicted molar refractivity (Wildman–Crippen MR) is 118 cm³/mol. The topological polar surface area (TPSA) is 148 Å². The van der Waals surface area contributed by atoms with Gasteiger partial charge >= 0.3 is 5.97 Å². The molecule has 5 N–H and O–H groups in total. The number of hydrazine groups is 1. The Morgan fingerprint density at radius 2 is 2.10 bits per heavy atom. The van der Waals surface area contributed by atoms with Crippen LogP contribution in [0.2, 0.25) is 0 Å². The molecular weight excluding hydrogens is 468 g/mol. The summed E-state index contributed by atoms with van der Waals surface area (Å²) in [6.07, 6.45) is 4.36. The van der Waals surface area contributed by atoms with Crippen LogP contribution in [0.1, 0.15) is 35.3 Å². The number of halogens is 1. The second-order valence-corrected chi connectivity index (χ2v) is 7.14. The molecule has 0 saturated heterocycles. The predicted octanol–water partition coefficient (Wildman–Crippen LogP) is 1.51. The normalized spacial score (nSPS) is 11.6. The lowest BCUT2D eigenvalue weighted by molar-refractivity contribution is -0.143. The lowest BCUT2D eigenvalue weighted by Gasteiger charge is -2.18. The van der Waals surface area contributed by atoms with Crippen LogP contribution in [0.5, 0.6) is 0 Å². The van der Waals surface area contributed by atoms with Crippen LogP contribution in [-0.4, -0.2) is 42.3 Å². The Bertz CT molecular complexity index is 953. The third-order valence-corrected chi connectivity index (χ3v) is 4.38. The van der Waals surface area contributed by atoms with Gasteiger partial charge in [-0.15, -0.1) is 0 Å². The first-order valence-corrected chi connectivity index (χ1v) is 10.1. The van der Waals surface area contributed by atoms with Crippen molar-refractivity contribution in [3.63, 3.8) is 0 Å². The highest BCUT2D eigenvalue weighted by atomic mass is 79.9. The molecule has 0 radical (unpaired) electrons. The Hall–Kier alpha value is -3.31. The highest BCUT2D eigenvalue weighted by molar-refractivity contribution is 9.10. The fourth-order valence-corrected chi connectivity index (χ4v) is 2.99. The molecule has 2 rings (SSSR count). The van der Waals surface area contributed by atoms with Crippen molar-refractivity contribution in [2.24, 2.45) is 10.8 Å². The van der Waals surface area contributed by atoms with Crippen molar-refractivity contribution in [3.8, 4) is 0 Å². The standard InChI is InChI=1S/C20H23BrN6O4/c1-2-31-19(29)8-17(14-6-15(21)10-23-9-14)27-18(28)11-24-20(30)13-4-3-5-16(7-13)25-12-26-22/h3-7,9-10,12,17H,2,8,11,22H2,1H3,(H,24,30)(H,25,26)(H,27,28). The highest BCUT2D eigenvalue weighted by Crippen LogP contribution is 2.20. The number of nitrogens with two attached hydrogens (primary N) is 1. The zero-order chi connectivity index (χ0) is 22.6. The van der Waals surface area contributed by atoms with E-state index in [1.807, 2.05) is 0 Å². The van der Waals surface area contributed by atoms with Crippen molar-refractivity contribution >= 4 is 45.7 Å². The number of pyridine rings is 1. The molecular formula is C20H23BrN6O4. The molecule has 0 aliphatic rings. The first-order valence-electron chi connectivity index (χ1n) is 9.35. The largest absolute Gasteiger partial charge is 0.466 e. The quantitative estimate of drug-likeness (QED) is 0.129. The van der Waals surface area contributed by atoms with Crippen LogP contribution in [0.3, 0.4) is 0 Å². The van der Waals surface area contributed by atoms with Crippen LogP contribution < -0.4 is 21.9 Å². The number of nitrogens with zero attached hydrogens (tertiary/aromatic N) is 2. The van der Waals surface area contributed by atoms with E-state index in [1.54, 1.807) is 49.6 Å². The fraction of sp³-hybridized carbons (Fsp3) is 0.250. The van der Waals surface area contributed by atoms with Crippen LogP contribution in [0, 0.1) is 0 Å². The number of amides is 2. The maximum atomic E-state index is 12.4. The molecule has 2 aromatic rings. The second-order valence-electron chi connectivity index (χ2n) is 6.22. The number of nitrogens with one attached hydrogen (secondary N) is 3. The molecule has 1 unspecified atom stereocenters. The van der Waals surface area contributed by atoms with Gasteiger partial charge in [0.15, 0.2) is 0 Å². The number of aromatic nitrogens is 1. The Morgan fingerprint density at radius 1 is 1.29 bits per heavy atom. The smallest absolute Gasteiger partial charge is 0.308 e. The van der Waals surface area contributed by atoms with Gasteiger partial charge in [0.1, 0.15) is 6.34 Å². The Balaban J connectivity index is 2.01. The Kier molecular flexibility index (Phi) is 9.59. The van der Waals surface area contributed by atoms with E-state index in [0.717, 1.165) is 0 Å². The molecule has 0 aliphatic carbocycles. The lowest BCUT2D eigenvalue weighted by atomic mass is 10.1. The third-order valence-electron chi connectivity index (χ3n) is 3.95. The van der Waals surface area contributed by atoms with E-state index >= 15 is 0 Å². The van der Waals surface area contributed by atoms with E-state index < -0.39 is 23.8 Å². The lowest BCUT2D eigenvalue weighted by Crippen LogP contribution is -2.39. The van der Waals surface area contributed by atoms with Gasteiger partial charge in [-0.05, 0) is 52.7 Å². The highest BCUT2D eigenvalue weighted by Gasteiger charge is 2.20. The summed E-state index contributed by atoms with van der Waals surface area (Å²) >= 11 is 3.32. The van der Waals surface area contributed by atoms with Gasteiger partial charge in [0, 0.05) is 22.4 Å². The van der Waals surface area contributed by atoms with Gasteiger partial charge in [0.05, 0.1) is 31.3 Å². The van der Waals surface area contributed by atoms with Gasteiger partial charge < -0.3 is 20.8 Å². The fourth-order valence-electron chi connectivity index (χ4n) is 2.60. The van der Waals surface area contributed by atoms with Gasteiger partial charge in [-0.2, -0.15) is 0 Å². The van der Waals surface area contributed by atoms with Gasteiger partial charge in [-0.25, -0.2) is 10.8 Å². The summed E-state index contributed by atoms with van der Waals surface area (Å²) in [6, 6.07) is 7.60. The van der Waals surface area contributed by atoms with Crippen molar-refractivity contribution in [1.29, 1.82) is 0 Å². The van der Waals surface area contributed by atoms with Crippen molar-refractivity contribution in [1.82, 2.24) is 21.0 Å². The Labute approximate surface area is 187 Å². The minimum Gasteiger partial charge on any atom is -0.466 e. The number of esters is 1. The average molecular weight is 491 g/mol. The SMILES string of the molecule is CCOC(=O)CC(NC(=O)CNC(=O)c1cccc(N=CNN)c1)c1cncc(Br)c1. The van der Waals surface area contributed by atoms with Crippen molar-refractivity contribution in [2.45, 2.75) is 19.4 Å². The van der Waals surface area contributed by atoms with E-state index in [2.05, 4.69) is 42.0 Å². The Morgan fingerprint density at radius 3 is 2.81 bits per heavy atom. The van der Waals surface area contributed by atoms with Gasteiger partial charge in [0.25, 0.3) is 5.91 Å². The van der Waals surface area contributed by atoms with Gasteiger partial charge in [-0.1, -0.05) is 6.07 Å². The minimum atomic E-state index is -0.658. The first kappa shape index (κ1) is 24.0. The summed E-state index contributed by atoms with van der Waals surface area (Å²) in [4.78, 5) is 44.8. The number of benzene rings is 1. The van der Waals surface area contributed by atoms with Crippen LogP contribution in [0.25, 0.3) is 0 Å². The number of carbonyl (C=O) groups excluding carboxylic acids is 3. The van der Waals surface area contributed by atoms with Crippen LogP contribution >= 0.6 is 15.9 Å². The van der Waals surface area contributed by atoms with Crippen LogP contribution in [0.4, 0.5) is 5.69 Å². The van der Waals surface area contributed by atoms with Crippen LogP contribution in [0.15, 0.2) is 52.2 Å². The maximum absolute atomic E-state index is 12.4. The number of carbonyl (C=O) groups is 3. The summed E-state index contributed by atoms with van der Waals surface area (Å²) < 4.78 is 5.69. The summed E-state index contributed by atoms with van der Waals surface area (Å²) in [6.45, 7) is 1.66. The average Bonchev–Trinajstić information content (AvgIpc) is 2.76. The van der Waals surface area contributed by atoms with E-state index in [-0.39, 0.29) is 19.6 Å². The van der Waals surface area contributed by atoms with E-state index in [9.17, 15) is 14.4 Å². The summed E-state index contributed by atoms with van der Waals surface area (Å²) in [7, 11) is 0. The maximum Gasteiger partial charge on any atom is 0.308 e. The number of aliphatic imine (C=N–C) groups is 1. The molecule has 1 aromatic carbocycles. The summed E-state index contributed by atoms with van der Waals surface area (Å²) in [5, 5.41) is 5.28. The molecule has 0 fully saturated rings. The number of hydrogen-bond donors (Lipinski definition) is 4. The molecule has 0 aliphatic heterocycles. The molecule has 164 valence electrons. The minimum absolute atomic E-state index is 0.0686. The monoisotopic (exact) mass is 490 g/mol. The zero-order valence-electron chi connectivity index (χ0n) is 16.8. The number of rotatable bonds is 10. The molecule has 1 aromatic heterocycles. The molecule has 31 heavy (non-hydrogen) atoms. The molecule has 1 heterocycles. The first-order chi connectivity index (χ1) is 14.9. The molecule has 1 atom stereocenters. The van der Waals surface area contributed by atoms with E-state index in [0.29, 0.717) is 21.3 Å². The molecule has 10 nitrogen and oxygen atoms in total. The zero-order valence-corrected chi connectivity index (χ0v) is 18.4. The van der Waals surface area contributed by atoms with Crippen molar-refractivity contribution in [3.05, 3.63) is 58.3 Å². The van der Waals surface area contributed by atoms with Gasteiger partial charge in [0.2, 0.25) is 5.91 Å². The van der Waals surface area contributed by atoms with Crippen molar-refractivity contribution in [2.75, 3.05) is 13.2 Å². The number of ether oxygens (including phenoxy) is 1. The second kappa shape index (κ2) is 12.4. The third kappa shape index (κ3) is 8.15. The van der Waals surface area contributed by atoms with E-state index in [1.165, 1.54) is 6.34 Å². The molecule has 11 heteroatoms. The van der Waals surface area contributed by atoms with Gasteiger partial charge in [-0.3, -0.25) is 19.4 Å². The van der Waals surface area contributed by atoms with Crippen LogP contribution in [-0.2, 0) is 14.3 Å². The number of hydrogen-bond acceptors (Lipinski definition) is 7. The molecule has 2 amide bonds. The molecule has 0 saturated carbocycles. The van der Waals surface area contributed by atoms with Crippen molar-refractivity contribution < 1.29 is 19.1 Å².